The van der Waals surface area contributed by atoms with Crippen LogP contribution in [0, 0.1) is 0 Å². The molecule has 0 saturated heterocycles. The van der Waals surface area contributed by atoms with Crippen LogP contribution >= 0.6 is 0 Å². The SMILES string of the molecule is CCN(CC)C(N)=Nc1cc2ccccc2c2ccccc12. The van der Waals surface area contributed by atoms with Gasteiger partial charge >= 0.3 is 0 Å². The van der Waals surface area contributed by atoms with Crippen LogP contribution < -0.4 is 5.73 Å². The quantitative estimate of drug-likeness (QED) is 0.444. The number of rotatable bonds is 3. The van der Waals surface area contributed by atoms with Crippen molar-refractivity contribution in [2.24, 2.45) is 10.7 Å². The molecule has 0 aliphatic heterocycles. The third-order valence-corrected chi connectivity index (χ3v) is 4.07. The van der Waals surface area contributed by atoms with Crippen LogP contribution in [0.5, 0.6) is 0 Å². The van der Waals surface area contributed by atoms with Crippen molar-refractivity contribution in [2.45, 2.75) is 13.8 Å². The Balaban J connectivity index is 2.26. The van der Waals surface area contributed by atoms with Gasteiger partial charge in [-0.15, -0.1) is 0 Å². The van der Waals surface area contributed by atoms with Gasteiger partial charge in [-0.05, 0) is 36.1 Å². The Labute approximate surface area is 131 Å². The van der Waals surface area contributed by atoms with Crippen LogP contribution in [0.1, 0.15) is 13.8 Å². The van der Waals surface area contributed by atoms with E-state index in [1.54, 1.807) is 0 Å². The molecule has 0 unspecified atom stereocenters. The van der Waals surface area contributed by atoms with E-state index in [0.29, 0.717) is 5.96 Å². The summed E-state index contributed by atoms with van der Waals surface area (Å²) in [6.07, 6.45) is 0. The van der Waals surface area contributed by atoms with Crippen LogP contribution in [-0.4, -0.2) is 23.9 Å². The Morgan fingerprint density at radius 3 is 2.18 bits per heavy atom. The molecule has 0 fully saturated rings. The highest BCUT2D eigenvalue weighted by Gasteiger charge is 2.08. The maximum absolute atomic E-state index is 6.18. The molecular weight excluding hydrogens is 270 g/mol. The minimum atomic E-state index is 0.574. The van der Waals surface area contributed by atoms with E-state index >= 15 is 0 Å². The van der Waals surface area contributed by atoms with Gasteiger partial charge in [-0.2, -0.15) is 0 Å². The molecule has 0 atom stereocenters. The van der Waals surface area contributed by atoms with Gasteiger partial charge in [-0.3, -0.25) is 0 Å². The largest absolute Gasteiger partial charge is 0.369 e. The molecule has 3 nitrogen and oxygen atoms in total. The average molecular weight is 291 g/mol. The molecule has 3 heteroatoms. The summed E-state index contributed by atoms with van der Waals surface area (Å²) in [6.45, 7) is 5.89. The van der Waals surface area contributed by atoms with Crippen LogP contribution in [-0.2, 0) is 0 Å². The van der Waals surface area contributed by atoms with E-state index in [1.807, 2.05) is 6.07 Å². The maximum atomic E-state index is 6.18. The van der Waals surface area contributed by atoms with E-state index in [1.165, 1.54) is 16.2 Å². The highest BCUT2D eigenvalue weighted by Crippen LogP contribution is 2.33. The molecule has 3 aromatic carbocycles. The van der Waals surface area contributed by atoms with Gasteiger partial charge < -0.3 is 10.6 Å². The maximum Gasteiger partial charge on any atom is 0.196 e. The molecule has 3 rings (SSSR count). The number of nitrogens with two attached hydrogens (primary N) is 1. The van der Waals surface area contributed by atoms with Crippen molar-refractivity contribution in [3.63, 3.8) is 0 Å². The lowest BCUT2D eigenvalue weighted by Gasteiger charge is -2.19. The predicted octanol–water partition coefficient (Wildman–Crippen LogP) is 4.28. The second-order valence-electron chi connectivity index (χ2n) is 5.30. The molecule has 3 aromatic rings. The number of guanidine groups is 1. The summed E-state index contributed by atoms with van der Waals surface area (Å²) >= 11 is 0. The van der Waals surface area contributed by atoms with E-state index in [-0.39, 0.29) is 0 Å². The zero-order valence-electron chi connectivity index (χ0n) is 13.1. The molecule has 0 aliphatic carbocycles. The highest BCUT2D eigenvalue weighted by atomic mass is 15.2. The van der Waals surface area contributed by atoms with Crippen molar-refractivity contribution in [1.82, 2.24) is 4.90 Å². The van der Waals surface area contributed by atoms with Crippen molar-refractivity contribution >= 4 is 33.2 Å². The van der Waals surface area contributed by atoms with Crippen LogP contribution in [0.15, 0.2) is 59.6 Å². The lowest BCUT2D eigenvalue weighted by molar-refractivity contribution is 0.460. The van der Waals surface area contributed by atoms with Gasteiger partial charge in [-0.1, -0.05) is 48.5 Å². The van der Waals surface area contributed by atoms with Crippen molar-refractivity contribution in [1.29, 1.82) is 0 Å². The number of hydrogen-bond donors (Lipinski definition) is 1. The number of fused-ring (bicyclic) bond motifs is 3. The molecule has 2 N–H and O–H groups in total. The average Bonchev–Trinajstić information content (AvgIpc) is 2.56. The van der Waals surface area contributed by atoms with Gasteiger partial charge in [-0.25, -0.2) is 4.99 Å². The summed E-state index contributed by atoms with van der Waals surface area (Å²) in [5, 5.41) is 4.79. The third kappa shape index (κ3) is 2.50. The minimum absolute atomic E-state index is 0.574. The fraction of sp³-hybridized carbons (Fsp3) is 0.211. The molecule has 0 bridgehead atoms. The standard InChI is InChI=1S/C19H21N3/c1-3-22(4-2)19(20)21-18-13-14-9-5-6-10-15(14)16-11-7-8-12-17(16)18/h5-13H,3-4H2,1-2H3,(H2,20,21). The van der Waals surface area contributed by atoms with Crippen molar-refractivity contribution in [2.75, 3.05) is 13.1 Å². The number of aliphatic imine (C=N–C) groups is 1. The van der Waals surface area contributed by atoms with E-state index in [9.17, 15) is 0 Å². The molecule has 0 heterocycles. The van der Waals surface area contributed by atoms with Gasteiger partial charge in [0.05, 0.1) is 5.69 Å². The van der Waals surface area contributed by atoms with E-state index in [4.69, 9.17) is 10.7 Å². The van der Waals surface area contributed by atoms with Gasteiger partial charge in [0.15, 0.2) is 5.96 Å². The Kier molecular flexibility index (Phi) is 3.96. The first kappa shape index (κ1) is 14.4. The highest BCUT2D eigenvalue weighted by molar-refractivity contribution is 6.12. The zero-order chi connectivity index (χ0) is 15.5. The predicted molar refractivity (Wildman–Crippen MR) is 95.7 cm³/mol. The fourth-order valence-electron chi connectivity index (χ4n) is 2.87. The lowest BCUT2D eigenvalue weighted by Crippen LogP contribution is -2.36. The second kappa shape index (κ2) is 6.06. The van der Waals surface area contributed by atoms with Crippen LogP contribution in [0.3, 0.4) is 0 Å². The third-order valence-electron chi connectivity index (χ3n) is 4.07. The Bertz CT molecular complexity index is 832. The smallest absolute Gasteiger partial charge is 0.196 e. The summed E-state index contributed by atoms with van der Waals surface area (Å²) in [6, 6.07) is 18.9. The topological polar surface area (TPSA) is 41.6 Å². The van der Waals surface area contributed by atoms with Crippen molar-refractivity contribution in [3.05, 3.63) is 54.6 Å². The molecule has 22 heavy (non-hydrogen) atoms. The molecule has 0 aromatic heterocycles. The Hall–Kier alpha value is -2.55. The first-order valence-electron chi connectivity index (χ1n) is 7.74. The van der Waals surface area contributed by atoms with Crippen LogP contribution in [0.4, 0.5) is 5.69 Å². The first-order chi connectivity index (χ1) is 10.7. The summed E-state index contributed by atoms with van der Waals surface area (Å²) in [4.78, 5) is 6.76. The van der Waals surface area contributed by atoms with Gasteiger partial charge in [0, 0.05) is 18.5 Å². The zero-order valence-corrected chi connectivity index (χ0v) is 13.1. The van der Waals surface area contributed by atoms with Gasteiger partial charge in [0.2, 0.25) is 0 Å². The molecule has 0 amide bonds. The van der Waals surface area contributed by atoms with Gasteiger partial charge in [0.25, 0.3) is 0 Å². The monoisotopic (exact) mass is 291 g/mol. The van der Waals surface area contributed by atoms with Crippen molar-refractivity contribution < 1.29 is 0 Å². The normalized spacial score (nSPS) is 12.0. The van der Waals surface area contributed by atoms with E-state index in [2.05, 4.69) is 67.3 Å². The van der Waals surface area contributed by atoms with Crippen LogP contribution in [0.2, 0.25) is 0 Å². The summed E-state index contributed by atoms with van der Waals surface area (Å²) in [7, 11) is 0. The minimum Gasteiger partial charge on any atom is -0.369 e. The first-order valence-corrected chi connectivity index (χ1v) is 7.74. The Morgan fingerprint density at radius 1 is 0.909 bits per heavy atom. The molecular formula is C19H21N3. The Morgan fingerprint density at radius 2 is 1.50 bits per heavy atom. The van der Waals surface area contributed by atoms with E-state index < -0.39 is 0 Å². The lowest BCUT2D eigenvalue weighted by atomic mass is 10.0. The second-order valence-corrected chi connectivity index (χ2v) is 5.30. The molecule has 0 saturated carbocycles. The molecule has 0 spiro atoms. The van der Waals surface area contributed by atoms with Crippen LogP contribution in [0.25, 0.3) is 21.5 Å². The number of hydrogen-bond acceptors (Lipinski definition) is 1. The summed E-state index contributed by atoms with van der Waals surface area (Å²) < 4.78 is 0. The fourth-order valence-corrected chi connectivity index (χ4v) is 2.87. The molecule has 112 valence electrons. The summed E-state index contributed by atoms with van der Waals surface area (Å²) in [5.74, 6) is 0.574. The number of nitrogens with zero attached hydrogens (tertiary/aromatic N) is 2. The van der Waals surface area contributed by atoms with Crippen molar-refractivity contribution in [3.8, 4) is 0 Å². The van der Waals surface area contributed by atoms with Gasteiger partial charge in [0.1, 0.15) is 0 Å². The number of benzene rings is 3. The summed E-state index contributed by atoms with van der Waals surface area (Å²) in [5.41, 5.74) is 7.11. The van der Waals surface area contributed by atoms with E-state index in [0.717, 1.165) is 24.2 Å². The molecule has 0 radical (unpaired) electrons. The molecule has 0 aliphatic rings.